The van der Waals surface area contributed by atoms with Crippen molar-refractivity contribution < 1.29 is 19.4 Å². The summed E-state index contributed by atoms with van der Waals surface area (Å²) in [4.78, 5) is 26.9. The van der Waals surface area contributed by atoms with Gasteiger partial charge >= 0.3 is 0 Å². The molecule has 1 aliphatic rings. The van der Waals surface area contributed by atoms with Gasteiger partial charge in [-0.3, -0.25) is 14.7 Å². The number of nitrogens with zero attached hydrogens (tertiary/aromatic N) is 3. The van der Waals surface area contributed by atoms with Crippen LogP contribution < -0.4 is 10.2 Å². The number of morpholine rings is 1. The van der Waals surface area contributed by atoms with Crippen LogP contribution in [0.2, 0.25) is 0 Å². The number of hydrogen-bond acceptors (Lipinski definition) is 6. The minimum absolute atomic E-state index is 0.182. The molecule has 2 heterocycles. The lowest BCUT2D eigenvalue weighted by atomic mass is 10.1. The zero-order chi connectivity index (χ0) is 21.8. The maximum Gasteiger partial charge on any atom is 0.259 e. The van der Waals surface area contributed by atoms with E-state index in [4.69, 9.17) is 10.00 Å². The molecule has 2 atom stereocenters. The van der Waals surface area contributed by atoms with Gasteiger partial charge in [0.25, 0.3) is 11.8 Å². The lowest BCUT2D eigenvalue weighted by Crippen LogP contribution is -2.55. The van der Waals surface area contributed by atoms with Crippen LogP contribution in [0.25, 0.3) is 11.1 Å². The number of amides is 2. The van der Waals surface area contributed by atoms with E-state index in [9.17, 15) is 14.7 Å². The van der Waals surface area contributed by atoms with Gasteiger partial charge in [0, 0.05) is 29.7 Å². The molecule has 2 amide bonds. The third kappa shape index (κ3) is 4.30. The molecule has 2 aromatic carbocycles. The standard InChI is InChI=1S/C22H19N5O4/c23-11-14-1-5-17(6-2-14)26-21(29)19(28)20-22(30)27(9-10-31-20)18-7-3-15(4-8-18)16-12-24-25-13-16/h1-8,12-13,19-20,28H,9-10H2,(H,24,25)(H,26,29)/t19?,20-/m1/s1. The van der Waals surface area contributed by atoms with E-state index in [-0.39, 0.29) is 6.61 Å². The van der Waals surface area contributed by atoms with Crippen molar-refractivity contribution in [2.24, 2.45) is 0 Å². The number of hydrogen-bond donors (Lipinski definition) is 3. The van der Waals surface area contributed by atoms with E-state index >= 15 is 0 Å². The van der Waals surface area contributed by atoms with Crippen molar-refractivity contribution in [3.63, 3.8) is 0 Å². The predicted molar refractivity (Wildman–Crippen MR) is 112 cm³/mol. The quantitative estimate of drug-likeness (QED) is 0.579. The molecule has 1 saturated heterocycles. The smallest absolute Gasteiger partial charge is 0.259 e. The molecule has 1 aliphatic heterocycles. The molecule has 9 heteroatoms. The van der Waals surface area contributed by atoms with Crippen molar-refractivity contribution in [1.82, 2.24) is 10.2 Å². The average molecular weight is 417 g/mol. The summed E-state index contributed by atoms with van der Waals surface area (Å²) in [6.07, 6.45) is 0.471. The number of aromatic amines is 1. The van der Waals surface area contributed by atoms with Crippen LogP contribution >= 0.6 is 0 Å². The van der Waals surface area contributed by atoms with E-state index in [1.54, 1.807) is 48.8 Å². The van der Waals surface area contributed by atoms with Gasteiger partial charge in [-0.15, -0.1) is 0 Å². The Labute approximate surface area is 177 Å². The molecule has 1 unspecified atom stereocenters. The largest absolute Gasteiger partial charge is 0.380 e. The first-order valence-electron chi connectivity index (χ1n) is 9.58. The Balaban J connectivity index is 1.44. The number of aliphatic hydroxyl groups is 1. The van der Waals surface area contributed by atoms with Crippen LogP contribution in [-0.2, 0) is 14.3 Å². The van der Waals surface area contributed by atoms with Crippen LogP contribution in [0, 0.1) is 11.3 Å². The maximum atomic E-state index is 12.9. The molecule has 3 N–H and O–H groups in total. The van der Waals surface area contributed by atoms with Crippen LogP contribution in [0.3, 0.4) is 0 Å². The molecule has 0 saturated carbocycles. The first-order chi connectivity index (χ1) is 15.1. The van der Waals surface area contributed by atoms with E-state index in [1.165, 1.54) is 4.90 Å². The molecule has 1 aromatic heterocycles. The van der Waals surface area contributed by atoms with Crippen LogP contribution in [-0.4, -0.2) is 52.5 Å². The summed E-state index contributed by atoms with van der Waals surface area (Å²) >= 11 is 0. The third-order valence-corrected chi connectivity index (χ3v) is 4.97. The molecule has 31 heavy (non-hydrogen) atoms. The third-order valence-electron chi connectivity index (χ3n) is 4.97. The number of ether oxygens (including phenoxy) is 1. The van der Waals surface area contributed by atoms with E-state index in [1.807, 2.05) is 18.2 Å². The lowest BCUT2D eigenvalue weighted by molar-refractivity contribution is -0.150. The van der Waals surface area contributed by atoms with Gasteiger partial charge in [0.15, 0.2) is 12.2 Å². The highest BCUT2D eigenvalue weighted by molar-refractivity contribution is 6.03. The summed E-state index contributed by atoms with van der Waals surface area (Å²) in [5.41, 5.74) is 3.35. The minimum Gasteiger partial charge on any atom is -0.380 e. The summed E-state index contributed by atoms with van der Waals surface area (Å²) < 4.78 is 5.42. The number of carbonyl (C=O) groups is 2. The van der Waals surface area contributed by atoms with Gasteiger partial charge in [0.05, 0.1) is 24.4 Å². The van der Waals surface area contributed by atoms with Crippen LogP contribution in [0.15, 0.2) is 60.9 Å². The molecule has 9 nitrogen and oxygen atoms in total. The minimum atomic E-state index is -1.68. The number of carbonyl (C=O) groups excluding carboxylic acids is 2. The van der Waals surface area contributed by atoms with E-state index < -0.39 is 24.0 Å². The Hall–Kier alpha value is -4.00. The predicted octanol–water partition coefficient (Wildman–Crippen LogP) is 1.68. The van der Waals surface area contributed by atoms with Crippen molar-refractivity contribution in [2.75, 3.05) is 23.4 Å². The van der Waals surface area contributed by atoms with E-state index in [0.717, 1.165) is 11.1 Å². The Kier molecular flexibility index (Phi) is 5.75. The second kappa shape index (κ2) is 8.79. The zero-order valence-corrected chi connectivity index (χ0v) is 16.4. The summed E-state index contributed by atoms with van der Waals surface area (Å²) in [5, 5.41) is 28.5. The molecule has 4 rings (SSSR count). The van der Waals surface area contributed by atoms with E-state index in [0.29, 0.717) is 23.5 Å². The molecule has 0 spiro atoms. The first kappa shape index (κ1) is 20.3. The van der Waals surface area contributed by atoms with Crippen molar-refractivity contribution in [2.45, 2.75) is 12.2 Å². The van der Waals surface area contributed by atoms with Crippen LogP contribution in [0.1, 0.15) is 5.56 Å². The van der Waals surface area contributed by atoms with Gasteiger partial charge in [0.2, 0.25) is 0 Å². The number of aromatic nitrogens is 2. The number of rotatable bonds is 5. The first-order valence-corrected chi connectivity index (χ1v) is 9.58. The lowest BCUT2D eigenvalue weighted by Gasteiger charge is -2.34. The number of benzene rings is 2. The number of H-pyrrole nitrogens is 1. The summed E-state index contributed by atoms with van der Waals surface area (Å²) in [6.45, 7) is 0.492. The number of anilines is 2. The fourth-order valence-corrected chi connectivity index (χ4v) is 3.31. The number of aliphatic hydroxyl groups excluding tert-OH is 1. The fourth-order valence-electron chi connectivity index (χ4n) is 3.31. The van der Waals surface area contributed by atoms with Crippen molar-refractivity contribution in [3.05, 3.63) is 66.5 Å². The molecule has 156 valence electrons. The summed E-state index contributed by atoms with van der Waals surface area (Å²) in [7, 11) is 0. The molecule has 0 radical (unpaired) electrons. The second-order valence-electron chi connectivity index (χ2n) is 6.94. The summed E-state index contributed by atoms with van der Waals surface area (Å²) in [6, 6.07) is 15.5. The second-order valence-corrected chi connectivity index (χ2v) is 6.94. The van der Waals surface area contributed by atoms with Crippen molar-refractivity contribution >= 4 is 23.2 Å². The maximum absolute atomic E-state index is 12.9. The Bertz CT molecular complexity index is 1100. The summed E-state index contributed by atoms with van der Waals surface area (Å²) in [5.74, 6) is -1.26. The van der Waals surface area contributed by atoms with Gasteiger partial charge in [-0.25, -0.2) is 0 Å². The molecule has 0 aliphatic carbocycles. The highest BCUT2D eigenvalue weighted by Gasteiger charge is 2.39. The number of nitriles is 1. The number of nitrogens with one attached hydrogen (secondary N) is 2. The Morgan fingerprint density at radius 3 is 2.61 bits per heavy atom. The van der Waals surface area contributed by atoms with Gasteiger partial charge in [0.1, 0.15) is 0 Å². The van der Waals surface area contributed by atoms with Gasteiger partial charge < -0.3 is 20.1 Å². The van der Waals surface area contributed by atoms with Crippen LogP contribution in [0.5, 0.6) is 0 Å². The van der Waals surface area contributed by atoms with Crippen molar-refractivity contribution in [1.29, 1.82) is 5.26 Å². The molecular weight excluding hydrogens is 398 g/mol. The topological polar surface area (TPSA) is 131 Å². The molecule has 0 bridgehead atoms. The fraction of sp³-hybridized carbons (Fsp3) is 0.182. The van der Waals surface area contributed by atoms with Gasteiger partial charge in [-0.05, 0) is 42.0 Å². The van der Waals surface area contributed by atoms with Crippen LogP contribution in [0.4, 0.5) is 11.4 Å². The highest BCUT2D eigenvalue weighted by Crippen LogP contribution is 2.25. The van der Waals surface area contributed by atoms with Crippen molar-refractivity contribution in [3.8, 4) is 17.2 Å². The monoisotopic (exact) mass is 417 g/mol. The Morgan fingerprint density at radius 2 is 1.97 bits per heavy atom. The Morgan fingerprint density at radius 1 is 1.23 bits per heavy atom. The van der Waals surface area contributed by atoms with Gasteiger partial charge in [-0.1, -0.05) is 12.1 Å². The van der Waals surface area contributed by atoms with Gasteiger partial charge in [-0.2, -0.15) is 10.4 Å². The molecule has 1 fully saturated rings. The highest BCUT2D eigenvalue weighted by atomic mass is 16.5. The zero-order valence-electron chi connectivity index (χ0n) is 16.4. The average Bonchev–Trinajstić information content (AvgIpc) is 3.34. The normalized spacial score (nSPS) is 17.1. The SMILES string of the molecule is N#Cc1ccc(NC(=O)C(O)[C@H]2OCCN(c3ccc(-c4cn[nH]c4)cc3)C2=O)cc1. The van der Waals surface area contributed by atoms with E-state index in [2.05, 4.69) is 15.5 Å². The molecule has 3 aromatic rings. The molecular formula is C22H19N5O4.